The minimum atomic E-state index is 0.105. The molecule has 1 fully saturated rings. The van der Waals surface area contributed by atoms with Gasteiger partial charge in [0.25, 0.3) is 0 Å². The second-order valence-corrected chi connectivity index (χ2v) is 8.93. The Labute approximate surface area is 190 Å². The van der Waals surface area contributed by atoms with E-state index in [2.05, 4.69) is 60.9 Å². The molecule has 2 N–H and O–H groups in total. The predicted octanol–water partition coefficient (Wildman–Crippen LogP) is 4.87. The van der Waals surface area contributed by atoms with Crippen LogP contribution in [0, 0.1) is 0 Å². The van der Waals surface area contributed by atoms with Crippen LogP contribution in [0.25, 0.3) is 0 Å². The van der Waals surface area contributed by atoms with Gasteiger partial charge in [0.1, 0.15) is 10.2 Å². The first-order chi connectivity index (χ1) is 14.6. The highest BCUT2D eigenvalue weighted by atomic mass is 35.5. The van der Waals surface area contributed by atoms with Crippen LogP contribution in [0.3, 0.4) is 0 Å². The fraction of sp³-hybridized carbons (Fsp3) is 0.286. The quantitative estimate of drug-likeness (QED) is 0.309. The van der Waals surface area contributed by atoms with E-state index in [1.807, 2.05) is 0 Å². The molecule has 0 unspecified atom stereocenters. The van der Waals surface area contributed by atoms with Gasteiger partial charge in [0, 0.05) is 30.4 Å². The van der Waals surface area contributed by atoms with Gasteiger partial charge >= 0.3 is 0 Å². The van der Waals surface area contributed by atoms with E-state index in [1.54, 1.807) is 24.5 Å². The van der Waals surface area contributed by atoms with Crippen molar-refractivity contribution in [2.45, 2.75) is 41.3 Å². The standard InChI is InChI=1S/C21H21ClN6S2/c22-16-13-17(30-20-23-11-6-12-24-20)27-18(26-16)28-19(29)25-14-21(9-4-5-10-21)15-7-2-1-3-8-15/h1-3,6-8,11-13H,4-5,9-10,14H2,(H2,25,26,27,28,29). The molecule has 0 saturated heterocycles. The molecule has 2 aromatic heterocycles. The van der Waals surface area contributed by atoms with Crippen LogP contribution >= 0.6 is 35.6 Å². The van der Waals surface area contributed by atoms with Crippen LogP contribution in [0.5, 0.6) is 0 Å². The SMILES string of the molecule is S=C(NCC1(c2ccccc2)CCCC1)Nc1nc(Cl)cc(Sc2ncccn2)n1. The summed E-state index contributed by atoms with van der Waals surface area (Å²) in [5, 5.41) is 8.46. The second kappa shape index (κ2) is 9.68. The number of nitrogens with one attached hydrogen (secondary N) is 2. The van der Waals surface area contributed by atoms with Gasteiger partial charge in [0.15, 0.2) is 10.3 Å². The number of thiocarbonyl (C=S) groups is 1. The number of hydrogen-bond acceptors (Lipinski definition) is 6. The first-order valence-corrected chi connectivity index (χ1v) is 11.3. The third-order valence-electron chi connectivity index (χ3n) is 5.17. The van der Waals surface area contributed by atoms with Gasteiger partial charge in [-0.15, -0.1) is 0 Å². The molecule has 0 radical (unpaired) electrons. The van der Waals surface area contributed by atoms with Gasteiger partial charge in [0.05, 0.1) is 0 Å². The summed E-state index contributed by atoms with van der Waals surface area (Å²) in [5.74, 6) is 0.346. The summed E-state index contributed by atoms with van der Waals surface area (Å²) >= 11 is 13.0. The van der Waals surface area contributed by atoms with Crippen molar-refractivity contribution in [3.63, 3.8) is 0 Å². The summed E-state index contributed by atoms with van der Waals surface area (Å²) in [7, 11) is 0. The maximum Gasteiger partial charge on any atom is 0.231 e. The minimum absolute atomic E-state index is 0.105. The zero-order valence-electron chi connectivity index (χ0n) is 16.2. The summed E-state index contributed by atoms with van der Waals surface area (Å²) in [4.78, 5) is 17.1. The zero-order chi connectivity index (χ0) is 20.8. The van der Waals surface area contributed by atoms with Crippen molar-refractivity contribution in [2.75, 3.05) is 11.9 Å². The monoisotopic (exact) mass is 456 g/mol. The highest BCUT2D eigenvalue weighted by Crippen LogP contribution is 2.40. The molecule has 0 spiro atoms. The van der Waals surface area contributed by atoms with Crippen molar-refractivity contribution in [3.05, 3.63) is 65.6 Å². The number of aromatic nitrogens is 4. The molecule has 3 aromatic rings. The number of nitrogens with zero attached hydrogens (tertiary/aromatic N) is 4. The van der Waals surface area contributed by atoms with Crippen LogP contribution < -0.4 is 10.6 Å². The Morgan fingerprint density at radius 1 is 1.07 bits per heavy atom. The van der Waals surface area contributed by atoms with Crippen LogP contribution in [-0.4, -0.2) is 31.6 Å². The molecule has 4 rings (SSSR count). The number of rotatable bonds is 6. The van der Waals surface area contributed by atoms with E-state index in [0.717, 1.165) is 19.4 Å². The average Bonchev–Trinajstić information content (AvgIpc) is 3.24. The van der Waals surface area contributed by atoms with Crippen LogP contribution in [-0.2, 0) is 5.41 Å². The van der Waals surface area contributed by atoms with Gasteiger partial charge in [-0.25, -0.2) is 19.9 Å². The van der Waals surface area contributed by atoms with Gasteiger partial charge in [-0.3, -0.25) is 0 Å². The van der Waals surface area contributed by atoms with Crippen LogP contribution in [0.4, 0.5) is 5.95 Å². The molecule has 0 aliphatic heterocycles. The van der Waals surface area contributed by atoms with Crippen molar-refractivity contribution in [3.8, 4) is 0 Å². The fourth-order valence-electron chi connectivity index (χ4n) is 3.74. The molecular weight excluding hydrogens is 436 g/mol. The van der Waals surface area contributed by atoms with Crippen molar-refractivity contribution < 1.29 is 0 Å². The smallest absolute Gasteiger partial charge is 0.231 e. The van der Waals surface area contributed by atoms with E-state index in [4.69, 9.17) is 23.8 Å². The Hall–Kier alpha value is -2.29. The second-order valence-electron chi connectivity index (χ2n) is 7.15. The number of hydrogen-bond donors (Lipinski definition) is 2. The summed E-state index contributed by atoms with van der Waals surface area (Å²) in [6, 6.07) is 14.1. The van der Waals surface area contributed by atoms with Gasteiger partial charge in [-0.1, -0.05) is 54.8 Å². The predicted molar refractivity (Wildman–Crippen MR) is 124 cm³/mol. The van der Waals surface area contributed by atoms with E-state index < -0.39 is 0 Å². The highest BCUT2D eigenvalue weighted by Gasteiger charge is 2.35. The largest absolute Gasteiger partial charge is 0.361 e. The van der Waals surface area contributed by atoms with Crippen molar-refractivity contribution in [1.82, 2.24) is 25.3 Å². The Morgan fingerprint density at radius 2 is 1.80 bits per heavy atom. The lowest BCUT2D eigenvalue weighted by molar-refractivity contribution is 0.435. The molecular formula is C21H21ClN6S2. The van der Waals surface area contributed by atoms with Gasteiger partial charge < -0.3 is 10.6 Å². The van der Waals surface area contributed by atoms with Crippen molar-refractivity contribution in [1.29, 1.82) is 0 Å². The maximum absolute atomic E-state index is 6.17. The summed E-state index contributed by atoms with van der Waals surface area (Å²) in [5.41, 5.74) is 1.46. The molecule has 6 nitrogen and oxygen atoms in total. The Bertz CT molecular complexity index is 997. The highest BCUT2D eigenvalue weighted by molar-refractivity contribution is 7.99. The van der Waals surface area contributed by atoms with Crippen LogP contribution in [0.15, 0.2) is 65.0 Å². The molecule has 2 heterocycles. The van der Waals surface area contributed by atoms with Crippen LogP contribution in [0.1, 0.15) is 31.2 Å². The zero-order valence-corrected chi connectivity index (χ0v) is 18.6. The van der Waals surface area contributed by atoms with E-state index in [9.17, 15) is 0 Å². The molecule has 1 aromatic carbocycles. The summed E-state index contributed by atoms with van der Waals surface area (Å²) in [6.45, 7) is 0.767. The molecule has 0 atom stereocenters. The molecule has 1 aliphatic carbocycles. The Morgan fingerprint density at radius 3 is 2.53 bits per heavy atom. The van der Waals surface area contributed by atoms with Gasteiger partial charge in [-0.2, -0.15) is 0 Å². The minimum Gasteiger partial charge on any atom is -0.361 e. The van der Waals surface area contributed by atoms with E-state index in [0.29, 0.717) is 26.4 Å². The Balaban J connectivity index is 1.41. The van der Waals surface area contributed by atoms with E-state index in [1.165, 1.54) is 30.2 Å². The summed E-state index contributed by atoms with van der Waals surface area (Å²) < 4.78 is 0. The number of anilines is 1. The van der Waals surface area contributed by atoms with Crippen molar-refractivity contribution >= 4 is 46.6 Å². The maximum atomic E-state index is 6.17. The number of benzene rings is 1. The Kier molecular flexibility index (Phi) is 6.76. The third kappa shape index (κ3) is 5.24. The topological polar surface area (TPSA) is 75.6 Å². The molecule has 0 bridgehead atoms. The normalized spacial score (nSPS) is 15.0. The molecule has 154 valence electrons. The lowest BCUT2D eigenvalue weighted by Crippen LogP contribution is -2.41. The van der Waals surface area contributed by atoms with Gasteiger partial charge in [-0.05, 0) is 48.5 Å². The third-order valence-corrected chi connectivity index (χ3v) is 6.42. The van der Waals surface area contributed by atoms with E-state index >= 15 is 0 Å². The number of halogens is 1. The molecule has 9 heteroatoms. The van der Waals surface area contributed by atoms with E-state index in [-0.39, 0.29) is 5.41 Å². The van der Waals surface area contributed by atoms with Gasteiger partial charge in [0.2, 0.25) is 5.95 Å². The molecule has 0 amide bonds. The molecule has 30 heavy (non-hydrogen) atoms. The van der Waals surface area contributed by atoms with Crippen LogP contribution in [0.2, 0.25) is 5.15 Å². The molecule has 1 saturated carbocycles. The lowest BCUT2D eigenvalue weighted by atomic mass is 9.79. The average molecular weight is 457 g/mol. The first-order valence-electron chi connectivity index (χ1n) is 9.73. The fourth-order valence-corrected chi connectivity index (χ4v) is 4.87. The lowest BCUT2D eigenvalue weighted by Gasteiger charge is -2.30. The summed E-state index contributed by atoms with van der Waals surface area (Å²) in [6.07, 6.45) is 8.13. The first kappa shape index (κ1) is 21.0. The van der Waals surface area contributed by atoms with Crippen molar-refractivity contribution in [2.24, 2.45) is 0 Å². The molecule has 1 aliphatic rings.